The predicted octanol–water partition coefficient (Wildman–Crippen LogP) is 3.93. The van der Waals surface area contributed by atoms with Crippen molar-refractivity contribution in [2.75, 3.05) is 42.5 Å². The van der Waals surface area contributed by atoms with E-state index < -0.39 is 17.5 Å². The molecule has 3 aliphatic rings. The molecule has 1 aromatic carbocycles. The summed E-state index contributed by atoms with van der Waals surface area (Å²) in [5.74, 6) is -0.207. The molecule has 0 atom stereocenters. The summed E-state index contributed by atoms with van der Waals surface area (Å²) in [5, 5.41) is 0. The first kappa shape index (κ1) is 21.1. The van der Waals surface area contributed by atoms with Gasteiger partial charge in [0.1, 0.15) is 17.5 Å². The Morgan fingerprint density at radius 1 is 0.844 bits per heavy atom. The Morgan fingerprint density at radius 3 is 2.22 bits per heavy atom. The Bertz CT molecular complexity index is 1000. The lowest BCUT2D eigenvalue weighted by atomic mass is 10.0. The maximum absolute atomic E-state index is 14.3. The fraction of sp³-hybridized carbons (Fsp3) is 0.542. The van der Waals surface area contributed by atoms with Gasteiger partial charge in [0.05, 0.1) is 17.8 Å². The third kappa shape index (κ3) is 4.14. The fourth-order valence-corrected chi connectivity index (χ4v) is 4.99. The number of hydrogen-bond acceptors (Lipinski definition) is 5. The maximum Gasteiger partial charge on any atom is 0.257 e. The van der Waals surface area contributed by atoms with Crippen molar-refractivity contribution in [3.8, 4) is 0 Å². The Labute approximate surface area is 187 Å². The van der Waals surface area contributed by atoms with Crippen LogP contribution < -0.4 is 9.80 Å². The second kappa shape index (κ2) is 9.00. The number of fused-ring (bicyclic) bond motifs is 1. The number of carbonyl (C=O) groups is 1. The van der Waals surface area contributed by atoms with Gasteiger partial charge in [-0.2, -0.15) is 4.98 Å². The first-order valence-corrected chi connectivity index (χ1v) is 11.7. The largest absolute Gasteiger partial charge is 0.356 e. The van der Waals surface area contributed by atoms with Crippen molar-refractivity contribution < 1.29 is 13.6 Å². The van der Waals surface area contributed by atoms with E-state index in [0.29, 0.717) is 19.5 Å². The zero-order valence-corrected chi connectivity index (χ0v) is 18.3. The summed E-state index contributed by atoms with van der Waals surface area (Å²) in [4.78, 5) is 29.2. The molecule has 170 valence electrons. The van der Waals surface area contributed by atoms with Crippen LogP contribution >= 0.6 is 0 Å². The lowest BCUT2D eigenvalue weighted by Crippen LogP contribution is -2.40. The van der Waals surface area contributed by atoms with Crippen LogP contribution in [0.3, 0.4) is 0 Å². The highest BCUT2D eigenvalue weighted by molar-refractivity contribution is 5.94. The van der Waals surface area contributed by atoms with Gasteiger partial charge < -0.3 is 14.7 Å². The molecule has 0 bridgehead atoms. The van der Waals surface area contributed by atoms with Gasteiger partial charge in [-0.1, -0.05) is 0 Å². The van der Waals surface area contributed by atoms with E-state index in [0.717, 1.165) is 87.0 Å². The number of amides is 1. The molecule has 4 heterocycles. The van der Waals surface area contributed by atoms with Crippen LogP contribution in [0.5, 0.6) is 0 Å². The number of aromatic nitrogens is 2. The molecule has 0 aliphatic carbocycles. The molecule has 2 aromatic rings. The lowest BCUT2D eigenvalue weighted by molar-refractivity contribution is 0.0728. The first-order chi connectivity index (χ1) is 15.6. The van der Waals surface area contributed by atoms with Gasteiger partial charge in [0.25, 0.3) is 5.91 Å². The first-order valence-electron chi connectivity index (χ1n) is 11.7. The van der Waals surface area contributed by atoms with Gasteiger partial charge >= 0.3 is 0 Å². The zero-order chi connectivity index (χ0) is 22.1. The number of benzene rings is 1. The smallest absolute Gasteiger partial charge is 0.257 e. The quantitative estimate of drug-likeness (QED) is 0.722. The van der Waals surface area contributed by atoms with E-state index >= 15 is 0 Å². The molecule has 1 aromatic heterocycles. The molecule has 0 spiro atoms. The van der Waals surface area contributed by atoms with Crippen LogP contribution in [0, 0.1) is 11.6 Å². The molecule has 3 aliphatic heterocycles. The summed E-state index contributed by atoms with van der Waals surface area (Å²) in [7, 11) is 0. The van der Waals surface area contributed by atoms with Crippen molar-refractivity contribution >= 4 is 17.7 Å². The topological polar surface area (TPSA) is 52.6 Å². The standard InChI is InChI=1S/C24H29F2N5O/c25-17-7-8-18(20(26)15-17)23(32)31-14-9-21-19(16-31)22(29-10-3-1-4-11-29)28-24(27-21)30-12-5-2-6-13-30/h7-8,15H,1-6,9-14,16H2. The van der Waals surface area contributed by atoms with Crippen LogP contribution in [0.2, 0.25) is 0 Å². The summed E-state index contributed by atoms with van der Waals surface area (Å²) in [5.41, 5.74) is 1.86. The van der Waals surface area contributed by atoms with Gasteiger partial charge in [0.15, 0.2) is 0 Å². The molecule has 6 nitrogen and oxygen atoms in total. The molecule has 2 saturated heterocycles. The van der Waals surface area contributed by atoms with Gasteiger partial charge in [-0.05, 0) is 50.7 Å². The summed E-state index contributed by atoms with van der Waals surface area (Å²) < 4.78 is 27.6. The molecular weight excluding hydrogens is 412 g/mol. The molecule has 0 N–H and O–H groups in total. The summed E-state index contributed by atoms with van der Waals surface area (Å²) in [6.07, 6.45) is 7.64. The van der Waals surface area contributed by atoms with Crippen molar-refractivity contribution in [1.29, 1.82) is 0 Å². The molecule has 5 rings (SSSR count). The average Bonchev–Trinajstić information content (AvgIpc) is 2.84. The van der Waals surface area contributed by atoms with Crippen molar-refractivity contribution in [3.05, 3.63) is 46.7 Å². The minimum atomic E-state index is -0.825. The Balaban J connectivity index is 1.47. The SMILES string of the molecule is O=C(c1ccc(F)cc1F)N1CCc2nc(N3CCCCC3)nc(N3CCCCC3)c2C1. The Morgan fingerprint density at radius 2 is 1.53 bits per heavy atom. The van der Waals surface area contributed by atoms with Gasteiger partial charge in [-0.3, -0.25) is 4.79 Å². The molecule has 2 fully saturated rings. The Hall–Kier alpha value is -2.77. The van der Waals surface area contributed by atoms with E-state index in [1.54, 1.807) is 4.90 Å². The van der Waals surface area contributed by atoms with Gasteiger partial charge in [-0.15, -0.1) is 0 Å². The third-order valence-electron chi connectivity index (χ3n) is 6.77. The normalized spacial score (nSPS) is 19.1. The molecular formula is C24H29F2N5O. The number of piperidine rings is 2. The van der Waals surface area contributed by atoms with Crippen molar-refractivity contribution in [2.24, 2.45) is 0 Å². The van der Waals surface area contributed by atoms with Crippen LogP contribution in [0.4, 0.5) is 20.5 Å². The van der Waals surface area contributed by atoms with Gasteiger partial charge in [0, 0.05) is 50.8 Å². The molecule has 0 saturated carbocycles. The molecule has 1 amide bonds. The van der Waals surface area contributed by atoms with Gasteiger partial charge in [0.2, 0.25) is 5.95 Å². The minimum absolute atomic E-state index is 0.0970. The molecule has 8 heteroatoms. The van der Waals surface area contributed by atoms with Crippen molar-refractivity contribution in [3.63, 3.8) is 0 Å². The van der Waals surface area contributed by atoms with E-state index in [-0.39, 0.29) is 5.56 Å². The summed E-state index contributed by atoms with van der Waals surface area (Å²) in [6.45, 7) is 4.65. The minimum Gasteiger partial charge on any atom is -0.356 e. The fourth-order valence-electron chi connectivity index (χ4n) is 4.99. The van der Waals surface area contributed by atoms with Crippen LogP contribution in [0.15, 0.2) is 18.2 Å². The van der Waals surface area contributed by atoms with Crippen LogP contribution in [0.25, 0.3) is 0 Å². The van der Waals surface area contributed by atoms with E-state index in [1.807, 2.05) is 0 Å². The predicted molar refractivity (Wildman–Crippen MR) is 119 cm³/mol. The molecule has 0 unspecified atom stereocenters. The monoisotopic (exact) mass is 441 g/mol. The summed E-state index contributed by atoms with van der Waals surface area (Å²) in [6, 6.07) is 3.11. The summed E-state index contributed by atoms with van der Waals surface area (Å²) >= 11 is 0. The van der Waals surface area contributed by atoms with Gasteiger partial charge in [-0.25, -0.2) is 13.8 Å². The number of rotatable bonds is 3. The van der Waals surface area contributed by atoms with E-state index in [1.165, 1.54) is 18.9 Å². The van der Waals surface area contributed by atoms with E-state index in [4.69, 9.17) is 9.97 Å². The van der Waals surface area contributed by atoms with Crippen molar-refractivity contribution in [2.45, 2.75) is 51.5 Å². The number of carbonyl (C=O) groups excluding carboxylic acids is 1. The highest BCUT2D eigenvalue weighted by Gasteiger charge is 2.30. The average molecular weight is 442 g/mol. The number of hydrogen-bond donors (Lipinski definition) is 0. The van der Waals surface area contributed by atoms with Crippen LogP contribution in [-0.2, 0) is 13.0 Å². The van der Waals surface area contributed by atoms with Crippen LogP contribution in [0.1, 0.15) is 60.1 Å². The second-order valence-electron chi connectivity index (χ2n) is 8.97. The second-order valence-corrected chi connectivity index (χ2v) is 8.97. The van der Waals surface area contributed by atoms with Crippen molar-refractivity contribution in [1.82, 2.24) is 14.9 Å². The number of nitrogens with zero attached hydrogens (tertiary/aromatic N) is 5. The number of anilines is 2. The Kier molecular flexibility index (Phi) is 5.93. The molecule has 32 heavy (non-hydrogen) atoms. The zero-order valence-electron chi connectivity index (χ0n) is 18.3. The lowest BCUT2D eigenvalue weighted by Gasteiger charge is -2.36. The number of halogens is 2. The maximum atomic E-state index is 14.3. The highest BCUT2D eigenvalue weighted by Crippen LogP contribution is 2.32. The molecule has 0 radical (unpaired) electrons. The van der Waals surface area contributed by atoms with E-state index in [2.05, 4.69) is 9.80 Å². The van der Waals surface area contributed by atoms with Crippen LogP contribution in [-0.4, -0.2) is 53.5 Å². The third-order valence-corrected chi connectivity index (χ3v) is 6.77. The highest BCUT2D eigenvalue weighted by atomic mass is 19.1. The van der Waals surface area contributed by atoms with E-state index in [9.17, 15) is 13.6 Å².